The van der Waals surface area contributed by atoms with E-state index in [1.54, 1.807) is 12.2 Å². The number of alkyl halides is 1. The van der Waals surface area contributed by atoms with E-state index >= 15 is 0 Å². The van der Waals surface area contributed by atoms with Crippen LogP contribution in [0.2, 0.25) is 0 Å². The van der Waals surface area contributed by atoms with Gasteiger partial charge in [0.2, 0.25) is 0 Å². The molecular formula is C7H9FO2S. The molecule has 0 aromatic rings. The summed E-state index contributed by atoms with van der Waals surface area (Å²) in [4.78, 5) is -0.111. The largest absolute Gasteiger partial charge is 0.241 e. The van der Waals surface area contributed by atoms with Gasteiger partial charge in [0.25, 0.3) is 0 Å². The second-order valence-electron chi connectivity index (χ2n) is 2.47. The molecule has 0 radical (unpaired) electrons. The molecule has 62 valence electrons. The highest BCUT2D eigenvalue weighted by atomic mass is 32.2. The van der Waals surface area contributed by atoms with Crippen LogP contribution in [-0.2, 0) is 9.84 Å². The van der Waals surface area contributed by atoms with Gasteiger partial charge in [-0.2, -0.15) is 0 Å². The Bertz CT molecular complexity index is 300. The van der Waals surface area contributed by atoms with Crippen LogP contribution >= 0.6 is 0 Å². The van der Waals surface area contributed by atoms with Crippen LogP contribution < -0.4 is 0 Å². The van der Waals surface area contributed by atoms with E-state index in [4.69, 9.17) is 0 Å². The van der Waals surface area contributed by atoms with Gasteiger partial charge in [0.05, 0.1) is 4.91 Å². The van der Waals surface area contributed by atoms with Crippen molar-refractivity contribution in [1.29, 1.82) is 0 Å². The fourth-order valence-corrected chi connectivity index (χ4v) is 1.82. The number of sulfone groups is 1. The van der Waals surface area contributed by atoms with Crippen LogP contribution in [0.3, 0.4) is 0 Å². The number of halogens is 1. The van der Waals surface area contributed by atoms with E-state index in [1.807, 2.05) is 0 Å². The third-order valence-electron chi connectivity index (χ3n) is 1.48. The maximum atomic E-state index is 12.8. The zero-order valence-electron chi connectivity index (χ0n) is 6.12. The van der Waals surface area contributed by atoms with Crippen LogP contribution in [0.4, 0.5) is 4.39 Å². The molecule has 0 aliphatic heterocycles. The summed E-state index contributed by atoms with van der Waals surface area (Å²) in [5, 5.41) is 0. The van der Waals surface area contributed by atoms with Crippen LogP contribution in [0.1, 0.15) is 6.42 Å². The molecule has 0 saturated carbocycles. The van der Waals surface area contributed by atoms with E-state index in [0.29, 0.717) is 0 Å². The predicted molar refractivity (Wildman–Crippen MR) is 41.6 cm³/mol. The fraction of sp³-hybridized carbons (Fsp3) is 0.429. The predicted octanol–water partition coefficient (Wildman–Crippen LogP) is 1.21. The Kier molecular flexibility index (Phi) is 2.13. The number of hydrogen-bond acceptors (Lipinski definition) is 2. The number of rotatable bonds is 1. The average molecular weight is 176 g/mol. The third-order valence-corrected chi connectivity index (χ3v) is 2.72. The summed E-state index contributed by atoms with van der Waals surface area (Å²) in [7, 11) is -3.34. The molecule has 1 aliphatic carbocycles. The van der Waals surface area contributed by atoms with Gasteiger partial charge in [0.15, 0.2) is 9.84 Å². The summed E-state index contributed by atoms with van der Waals surface area (Å²) >= 11 is 0. The monoisotopic (exact) mass is 176 g/mol. The molecule has 0 amide bonds. The second-order valence-corrected chi connectivity index (χ2v) is 4.49. The van der Waals surface area contributed by atoms with Crippen LogP contribution in [0, 0.1) is 0 Å². The first-order chi connectivity index (χ1) is 5.02. The zero-order valence-corrected chi connectivity index (χ0v) is 6.94. The van der Waals surface area contributed by atoms with Gasteiger partial charge in [0, 0.05) is 12.7 Å². The molecule has 0 aromatic heterocycles. The van der Waals surface area contributed by atoms with E-state index in [0.717, 1.165) is 6.26 Å². The Morgan fingerprint density at radius 1 is 1.64 bits per heavy atom. The van der Waals surface area contributed by atoms with Gasteiger partial charge in [-0.15, -0.1) is 0 Å². The van der Waals surface area contributed by atoms with Crippen molar-refractivity contribution in [2.24, 2.45) is 0 Å². The van der Waals surface area contributed by atoms with E-state index < -0.39 is 16.0 Å². The Morgan fingerprint density at radius 2 is 2.27 bits per heavy atom. The lowest BCUT2D eigenvalue weighted by Crippen LogP contribution is -2.14. The van der Waals surface area contributed by atoms with Crippen LogP contribution in [-0.4, -0.2) is 20.8 Å². The first-order valence-electron chi connectivity index (χ1n) is 3.22. The van der Waals surface area contributed by atoms with Crippen LogP contribution in [0.5, 0.6) is 0 Å². The molecule has 0 saturated heterocycles. The lowest BCUT2D eigenvalue weighted by molar-refractivity contribution is 0.392. The SMILES string of the molecule is CS(=O)(=O)C1=CC=CCC1F. The van der Waals surface area contributed by atoms with Gasteiger partial charge < -0.3 is 0 Å². The summed E-state index contributed by atoms with van der Waals surface area (Å²) in [6.45, 7) is 0. The van der Waals surface area contributed by atoms with Crippen molar-refractivity contribution in [3.63, 3.8) is 0 Å². The molecule has 11 heavy (non-hydrogen) atoms. The fourth-order valence-electron chi connectivity index (χ4n) is 0.937. The van der Waals surface area contributed by atoms with Gasteiger partial charge in [-0.05, 0) is 6.08 Å². The van der Waals surface area contributed by atoms with Gasteiger partial charge in [-0.1, -0.05) is 12.2 Å². The molecule has 1 aliphatic rings. The molecule has 1 unspecified atom stereocenters. The van der Waals surface area contributed by atoms with Gasteiger partial charge in [-0.25, -0.2) is 12.8 Å². The minimum atomic E-state index is -3.34. The molecule has 0 spiro atoms. The van der Waals surface area contributed by atoms with E-state index in [1.165, 1.54) is 6.08 Å². The summed E-state index contributed by atoms with van der Waals surface area (Å²) in [5.41, 5.74) is 0. The molecule has 0 N–H and O–H groups in total. The Morgan fingerprint density at radius 3 is 2.64 bits per heavy atom. The van der Waals surface area contributed by atoms with E-state index in [9.17, 15) is 12.8 Å². The van der Waals surface area contributed by atoms with Crippen LogP contribution in [0.15, 0.2) is 23.1 Å². The summed E-state index contributed by atoms with van der Waals surface area (Å²) < 4.78 is 34.6. The van der Waals surface area contributed by atoms with Crippen LogP contribution in [0.25, 0.3) is 0 Å². The normalized spacial score (nSPS) is 24.9. The molecule has 1 rings (SSSR count). The first-order valence-corrected chi connectivity index (χ1v) is 5.12. The Hall–Kier alpha value is -0.640. The maximum Gasteiger partial charge on any atom is 0.174 e. The van der Waals surface area contributed by atoms with Crippen molar-refractivity contribution < 1.29 is 12.8 Å². The average Bonchev–Trinajstić information content (AvgIpc) is 1.86. The zero-order chi connectivity index (χ0) is 8.48. The van der Waals surface area contributed by atoms with Gasteiger partial charge >= 0.3 is 0 Å². The van der Waals surface area contributed by atoms with Crippen molar-refractivity contribution in [3.05, 3.63) is 23.1 Å². The number of allylic oxidation sites excluding steroid dienone is 4. The third kappa shape index (κ3) is 1.89. The highest BCUT2D eigenvalue weighted by molar-refractivity contribution is 7.94. The topological polar surface area (TPSA) is 34.1 Å². The molecule has 0 fully saturated rings. The second kappa shape index (κ2) is 2.77. The van der Waals surface area contributed by atoms with Crippen molar-refractivity contribution in [3.8, 4) is 0 Å². The standard InChI is InChI=1S/C7H9FO2S/c1-11(9,10)7-5-3-2-4-6(7)8/h2-3,5-6H,4H2,1H3. The number of hydrogen-bond donors (Lipinski definition) is 0. The highest BCUT2D eigenvalue weighted by Crippen LogP contribution is 2.20. The van der Waals surface area contributed by atoms with Crippen molar-refractivity contribution in [2.45, 2.75) is 12.6 Å². The van der Waals surface area contributed by atoms with Crippen molar-refractivity contribution in [2.75, 3.05) is 6.26 Å². The molecule has 0 heterocycles. The highest BCUT2D eigenvalue weighted by Gasteiger charge is 2.22. The van der Waals surface area contributed by atoms with Gasteiger partial charge in [0.1, 0.15) is 6.17 Å². The smallest absolute Gasteiger partial charge is 0.174 e. The first kappa shape index (κ1) is 8.46. The molecule has 2 nitrogen and oxygen atoms in total. The summed E-state index contributed by atoms with van der Waals surface area (Å²) in [6.07, 6.45) is 4.31. The summed E-state index contributed by atoms with van der Waals surface area (Å²) in [6, 6.07) is 0. The quantitative estimate of drug-likeness (QED) is 0.602. The molecule has 0 bridgehead atoms. The summed E-state index contributed by atoms with van der Waals surface area (Å²) in [5.74, 6) is 0. The Balaban J connectivity index is 3.04. The maximum absolute atomic E-state index is 12.8. The molecule has 4 heteroatoms. The van der Waals surface area contributed by atoms with Crippen molar-refractivity contribution >= 4 is 9.84 Å². The lowest BCUT2D eigenvalue weighted by atomic mass is 10.2. The van der Waals surface area contributed by atoms with Gasteiger partial charge in [-0.3, -0.25) is 0 Å². The molecule has 1 atom stereocenters. The minimum Gasteiger partial charge on any atom is -0.241 e. The molecular weight excluding hydrogens is 167 g/mol. The lowest BCUT2D eigenvalue weighted by Gasteiger charge is -2.10. The Labute approximate surface area is 65.3 Å². The minimum absolute atomic E-state index is 0.111. The van der Waals surface area contributed by atoms with E-state index in [2.05, 4.69) is 0 Å². The van der Waals surface area contributed by atoms with Crippen molar-refractivity contribution in [1.82, 2.24) is 0 Å². The molecule has 0 aromatic carbocycles. The van der Waals surface area contributed by atoms with E-state index in [-0.39, 0.29) is 11.3 Å².